The number of ether oxygens (including phenoxy) is 1. The fourth-order valence-corrected chi connectivity index (χ4v) is 3.77. The van der Waals surface area contributed by atoms with Gasteiger partial charge in [-0.05, 0) is 31.9 Å². The lowest BCUT2D eigenvalue weighted by Crippen LogP contribution is -2.51. The molecule has 26 heavy (non-hydrogen) atoms. The summed E-state index contributed by atoms with van der Waals surface area (Å²) >= 11 is 1.65. The third-order valence-electron chi connectivity index (χ3n) is 4.59. The van der Waals surface area contributed by atoms with E-state index < -0.39 is 12.1 Å². The molecule has 0 saturated carbocycles. The highest BCUT2D eigenvalue weighted by molar-refractivity contribution is 8.07. The molecule has 0 bridgehead atoms. The third kappa shape index (κ3) is 4.41. The van der Waals surface area contributed by atoms with Crippen molar-refractivity contribution in [2.45, 2.75) is 45.7 Å². The molecule has 0 aromatic carbocycles. The van der Waals surface area contributed by atoms with Gasteiger partial charge in [0.25, 0.3) is 0 Å². The minimum atomic E-state index is -0.616. The number of amides is 2. The van der Waals surface area contributed by atoms with Crippen molar-refractivity contribution in [2.75, 3.05) is 19.9 Å². The number of allylic oxidation sites excluding steroid dienone is 1. The van der Waals surface area contributed by atoms with Gasteiger partial charge < -0.3 is 19.9 Å². The van der Waals surface area contributed by atoms with Crippen LogP contribution in [0.3, 0.4) is 0 Å². The highest BCUT2D eigenvalue weighted by Crippen LogP contribution is 2.33. The second-order valence-electron chi connectivity index (χ2n) is 6.59. The van der Waals surface area contributed by atoms with Crippen LogP contribution in [0.5, 0.6) is 0 Å². The fraction of sp³-hybridized carbons (Fsp3) is 0.611. The molecule has 8 heteroatoms. The van der Waals surface area contributed by atoms with Gasteiger partial charge in [-0.15, -0.1) is 11.8 Å². The van der Waals surface area contributed by atoms with E-state index in [4.69, 9.17) is 0 Å². The molecule has 0 spiro atoms. The van der Waals surface area contributed by atoms with Crippen LogP contribution in [-0.4, -0.2) is 52.8 Å². The Morgan fingerprint density at radius 1 is 1.50 bits per heavy atom. The smallest absolute Gasteiger partial charge is 0.407 e. The molecule has 144 valence electrons. The first-order valence-corrected chi connectivity index (χ1v) is 10.1. The van der Waals surface area contributed by atoms with Crippen LogP contribution in [0.4, 0.5) is 4.79 Å². The zero-order chi connectivity index (χ0) is 19.3. The van der Waals surface area contributed by atoms with Crippen molar-refractivity contribution in [1.29, 1.82) is 0 Å². The average molecular weight is 381 g/mol. The van der Waals surface area contributed by atoms with E-state index in [0.29, 0.717) is 6.54 Å². The molecule has 1 fully saturated rings. The number of nitrogens with zero attached hydrogens (tertiary/aromatic N) is 2. The van der Waals surface area contributed by atoms with Crippen molar-refractivity contribution >= 4 is 28.7 Å². The van der Waals surface area contributed by atoms with Crippen LogP contribution in [-0.2, 0) is 9.53 Å². The fourth-order valence-electron chi connectivity index (χ4n) is 3.21. The topological polar surface area (TPSA) is 87.3 Å². The Balaban J connectivity index is 2.21. The monoisotopic (exact) mass is 380 g/mol. The van der Waals surface area contributed by atoms with Gasteiger partial charge in [-0.25, -0.2) is 9.78 Å². The second kappa shape index (κ2) is 9.12. The minimum absolute atomic E-state index is 0.0406. The lowest BCUT2D eigenvalue weighted by molar-refractivity contribution is -0.135. The third-order valence-corrected chi connectivity index (χ3v) is 5.48. The maximum Gasteiger partial charge on any atom is 0.407 e. The summed E-state index contributed by atoms with van der Waals surface area (Å²) in [5.41, 5.74) is 0.961. The zero-order valence-electron chi connectivity index (χ0n) is 16.0. The molecule has 1 aromatic heterocycles. The molecule has 2 rings (SSSR count). The minimum Gasteiger partial charge on any atom is -0.453 e. The Kier molecular flexibility index (Phi) is 7.14. The van der Waals surface area contributed by atoms with Gasteiger partial charge in [0.1, 0.15) is 11.9 Å². The van der Waals surface area contributed by atoms with Gasteiger partial charge in [0, 0.05) is 11.4 Å². The molecule has 0 radical (unpaired) electrons. The van der Waals surface area contributed by atoms with E-state index in [0.717, 1.165) is 29.3 Å². The predicted octanol–water partition coefficient (Wildman–Crippen LogP) is 3.18. The Hall–Kier alpha value is -1.96. The lowest BCUT2D eigenvalue weighted by Gasteiger charge is -2.30. The average Bonchev–Trinajstić information content (AvgIpc) is 3.28. The maximum atomic E-state index is 13.1. The molecule has 2 heterocycles. The standard InChI is InChI=1S/C18H28N4O3S/c1-6-14(26-5)12-10-19-16(20-12)13-8-7-9-22(13)17(23)15(11(2)3)21-18(24)25-4/h6,10-11,13,15H,7-9H2,1-5H3,(H,19,20)(H,21,24)/b14-6-/t13-,15-/m0/s1. The molecular formula is C18H28N4O3S. The first-order chi connectivity index (χ1) is 12.4. The van der Waals surface area contributed by atoms with E-state index in [-0.39, 0.29) is 17.9 Å². The zero-order valence-corrected chi connectivity index (χ0v) is 16.9. The number of nitrogens with one attached hydrogen (secondary N) is 2. The molecule has 1 saturated heterocycles. The van der Waals surface area contributed by atoms with Crippen molar-refractivity contribution < 1.29 is 14.3 Å². The molecule has 2 atom stereocenters. The summed E-state index contributed by atoms with van der Waals surface area (Å²) in [6, 6.07) is -0.716. The quantitative estimate of drug-likeness (QED) is 0.791. The van der Waals surface area contributed by atoms with Crippen molar-refractivity contribution in [1.82, 2.24) is 20.2 Å². The van der Waals surface area contributed by atoms with Crippen molar-refractivity contribution in [2.24, 2.45) is 5.92 Å². The van der Waals surface area contributed by atoms with E-state index >= 15 is 0 Å². The van der Waals surface area contributed by atoms with Crippen LogP contribution in [0.25, 0.3) is 4.91 Å². The van der Waals surface area contributed by atoms with Crippen LogP contribution in [0.1, 0.15) is 51.2 Å². The first-order valence-electron chi connectivity index (χ1n) is 8.83. The van der Waals surface area contributed by atoms with E-state index in [2.05, 4.69) is 20.0 Å². The molecule has 1 aliphatic rings. The molecule has 1 aliphatic heterocycles. The number of aromatic amines is 1. The van der Waals surface area contributed by atoms with E-state index in [9.17, 15) is 9.59 Å². The van der Waals surface area contributed by atoms with E-state index in [1.807, 2.05) is 44.2 Å². The van der Waals surface area contributed by atoms with Gasteiger partial charge in [0.2, 0.25) is 5.91 Å². The van der Waals surface area contributed by atoms with Crippen LogP contribution in [0.2, 0.25) is 0 Å². The molecule has 0 unspecified atom stereocenters. The number of hydrogen-bond donors (Lipinski definition) is 2. The highest BCUT2D eigenvalue weighted by atomic mass is 32.2. The first kappa shape index (κ1) is 20.4. The van der Waals surface area contributed by atoms with Gasteiger partial charge in [-0.1, -0.05) is 19.9 Å². The highest BCUT2D eigenvalue weighted by Gasteiger charge is 2.37. The van der Waals surface area contributed by atoms with Crippen molar-refractivity contribution in [3.63, 3.8) is 0 Å². The molecular weight excluding hydrogens is 352 g/mol. The normalized spacial score (nSPS) is 18.9. The summed E-state index contributed by atoms with van der Waals surface area (Å²) in [6.07, 6.45) is 7.04. The SMILES string of the molecule is C/C=C(\SC)c1cnc([C@@H]2CCCN2C(=O)[C@@H](NC(=O)OC)C(C)C)[nH]1. The Bertz CT molecular complexity index is 671. The second-order valence-corrected chi connectivity index (χ2v) is 7.43. The maximum absolute atomic E-state index is 13.1. The predicted molar refractivity (Wildman–Crippen MR) is 104 cm³/mol. The summed E-state index contributed by atoms with van der Waals surface area (Å²) in [5.74, 6) is 0.655. The number of hydrogen-bond acceptors (Lipinski definition) is 5. The van der Waals surface area contributed by atoms with Crippen molar-refractivity contribution in [3.05, 3.63) is 23.8 Å². The summed E-state index contributed by atoms with van der Waals surface area (Å²) in [5, 5.41) is 2.66. The number of rotatable bonds is 6. The number of carbonyl (C=O) groups excluding carboxylic acids is 2. The van der Waals surface area contributed by atoms with E-state index in [1.54, 1.807) is 11.8 Å². The number of carbonyl (C=O) groups is 2. The van der Waals surface area contributed by atoms with Crippen LogP contribution in [0.15, 0.2) is 12.3 Å². The largest absolute Gasteiger partial charge is 0.453 e. The molecule has 0 aliphatic carbocycles. The summed E-state index contributed by atoms with van der Waals surface area (Å²) in [7, 11) is 1.30. The number of likely N-dealkylation sites (tertiary alicyclic amines) is 1. The molecule has 2 N–H and O–H groups in total. The number of H-pyrrole nitrogens is 1. The van der Waals surface area contributed by atoms with Crippen molar-refractivity contribution in [3.8, 4) is 0 Å². The van der Waals surface area contributed by atoms with Gasteiger partial charge in [-0.2, -0.15) is 0 Å². The number of methoxy groups -OCH3 is 1. The number of thioether (sulfide) groups is 1. The molecule has 7 nitrogen and oxygen atoms in total. The van der Waals surface area contributed by atoms with Gasteiger partial charge in [0.15, 0.2) is 0 Å². The number of alkyl carbamates (subject to hydrolysis) is 1. The summed E-state index contributed by atoms with van der Waals surface area (Å²) in [4.78, 5) is 35.5. The van der Waals surface area contributed by atoms with Gasteiger partial charge in [0.05, 0.1) is 25.0 Å². The number of imidazole rings is 1. The Labute approximate surface area is 159 Å². The van der Waals surface area contributed by atoms with Crippen LogP contribution in [0, 0.1) is 5.92 Å². The van der Waals surface area contributed by atoms with Crippen LogP contribution < -0.4 is 5.32 Å². The Morgan fingerprint density at radius 2 is 2.23 bits per heavy atom. The number of aromatic nitrogens is 2. The summed E-state index contributed by atoms with van der Waals surface area (Å²) in [6.45, 7) is 6.46. The molecule has 2 amide bonds. The summed E-state index contributed by atoms with van der Waals surface area (Å²) < 4.78 is 4.66. The lowest BCUT2D eigenvalue weighted by atomic mass is 10.0. The molecule has 1 aromatic rings. The Morgan fingerprint density at radius 3 is 2.81 bits per heavy atom. The van der Waals surface area contributed by atoms with Gasteiger partial charge >= 0.3 is 6.09 Å². The van der Waals surface area contributed by atoms with Crippen LogP contribution >= 0.6 is 11.8 Å². The van der Waals surface area contributed by atoms with Gasteiger partial charge in [-0.3, -0.25) is 4.79 Å². The van der Waals surface area contributed by atoms with E-state index in [1.165, 1.54) is 7.11 Å².